The van der Waals surface area contributed by atoms with Crippen LogP contribution in [0.25, 0.3) is 0 Å². The Hall–Kier alpha value is -0.540. The van der Waals surface area contributed by atoms with Crippen LogP contribution >= 0.6 is 23.2 Å². The lowest BCUT2D eigenvalue weighted by Gasteiger charge is -1.48. The van der Waals surface area contributed by atoms with Gasteiger partial charge in [-0.2, -0.15) is 0 Å². The first-order valence-electron chi connectivity index (χ1n) is 1.90. The molecule has 0 radical (unpaired) electrons. The molecule has 3 nitrogen and oxygen atoms in total. The van der Waals surface area contributed by atoms with Crippen molar-refractivity contribution >= 4 is 27.9 Å². The Labute approximate surface area is 61.6 Å². The number of aromatic nitrogens is 1. The molecule has 50 valence electrons. The first-order valence-corrected chi connectivity index (χ1v) is 2.66. The van der Waals surface area contributed by atoms with Gasteiger partial charge in [0, 0.05) is 0 Å². The third-order valence-corrected chi connectivity index (χ3v) is 0.347. The minimum atomic E-state index is -0.889. The number of nitrogens with zero attached hydrogens (tertiary/aromatic N) is 1. The van der Waals surface area contributed by atoms with Crippen LogP contribution in [0.4, 0.5) is 4.79 Å². The molecule has 5 heteroatoms. The third kappa shape index (κ3) is 11.2. The Morgan fingerprint density at radius 2 is 2.11 bits per heavy atom. The maximum Gasteiger partial charge on any atom is 0.313 e. The van der Waals surface area contributed by atoms with Gasteiger partial charge in [-0.25, -0.2) is 4.98 Å². The summed E-state index contributed by atoms with van der Waals surface area (Å²) in [6.45, 7) is 0. The molecule has 0 saturated heterocycles. The molecule has 0 fully saturated rings. The van der Waals surface area contributed by atoms with E-state index in [1.165, 1.54) is 12.7 Å². The van der Waals surface area contributed by atoms with Gasteiger partial charge in [-0.15, -0.1) is 0 Å². The van der Waals surface area contributed by atoms with Crippen molar-refractivity contribution in [2.24, 2.45) is 0 Å². The molecule has 0 aliphatic heterocycles. The van der Waals surface area contributed by atoms with E-state index in [2.05, 4.69) is 32.6 Å². The van der Waals surface area contributed by atoms with Crippen molar-refractivity contribution in [2.45, 2.75) is 0 Å². The van der Waals surface area contributed by atoms with E-state index in [4.69, 9.17) is 4.79 Å². The van der Waals surface area contributed by atoms with Crippen LogP contribution in [0.15, 0.2) is 23.3 Å². The Morgan fingerprint density at radius 3 is 2.22 bits per heavy atom. The van der Waals surface area contributed by atoms with Crippen molar-refractivity contribution in [2.75, 3.05) is 0 Å². The van der Waals surface area contributed by atoms with Gasteiger partial charge in [-0.05, 0) is 23.2 Å². The van der Waals surface area contributed by atoms with E-state index in [9.17, 15) is 0 Å². The summed E-state index contributed by atoms with van der Waals surface area (Å²) in [7, 11) is 0. The molecule has 1 aromatic heterocycles. The first kappa shape index (κ1) is 8.46. The van der Waals surface area contributed by atoms with Crippen LogP contribution in [-0.2, 0) is 0 Å². The van der Waals surface area contributed by atoms with Gasteiger partial charge in [-0.1, -0.05) is 0 Å². The van der Waals surface area contributed by atoms with Crippen LogP contribution in [0.5, 0.6) is 0 Å². The summed E-state index contributed by atoms with van der Waals surface area (Å²) >= 11 is 8.80. The number of carbonyl (C=O) groups excluding carboxylic acids is 1. The van der Waals surface area contributed by atoms with Crippen LogP contribution in [0.1, 0.15) is 0 Å². The van der Waals surface area contributed by atoms with Crippen LogP contribution in [0.3, 0.4) is 0 Å². The molecule has 9 heavy (non-hydrogen) atoms. The lowest BCUT2D eigenvalue weighted by atomic mass is 11.0. The van der Waals surface area contributed by atoms with Crippen molar-refractivity contribution in [1.29, 1.82) is 0 Å². The number of oxazole rings is 1. The maximum absolute atomic E-state index is 8.98. The summed E-state index contributed by atoms with van der Waals surface area (Å²) in [6, 6.07) is 0. The van der Waals surface area contributed by atoms with Gasteiger partial charge in [-0.3, -0.25) is 4.79 Å². The van der Waals surface area contributed by atoms with Gasteiger partial charge in [0.25, 0.3) is 0 Å². The largest absolute Gasteiger partial charge is 0.452 e. The highest BCUT2D eigenvalue weighted by molar-refractivity contribution is 6.93. The molecule has 0 unspecified atom stereocenters. The highest BCUT2D eigenvalue weighted by atomic mass is 35.5. The molecule has 0 atom stereocenters. The van der Waals surface area contributed by atoms with Crippen LogP contribution in [0.2, 0.25) is 0 Å². The van der Waals surface area contributed by atoms with Gasteiger partial charge >= 0.3 is 4.70 Å². The van der Waals surface area contributed by atoms with Gasteiger partial charge in [0.2, 0.25) is 0 Å². The molecule has 0 saturated carbocycles. The SMILES string of the molecule is O=C(Cl)Cl.c1cocn1. The van der Waals surface area contributed by atoms with E-state index in [0.717, 1.165) is 0 Å². The van der Waals surface area contributed by atoms with E-state index in [1.54, 1.807) is 6.20 Å². The Morgan fingerprint density at radius 1 is 1.56 bits per heavy atom. The molecule has 0 aliphatic carbocycles. The molecule has 0 amide bonds. The fourth-order valence-electron chi connectivity index (χ4n) is 0.176. The van der Waals surface area contributed by atoms with Gasteiger partial charge in [0.05, 0.1) is 6.20 Å². The summed E-state index contributed by atoms with van der Waals surface area (Å²) in [5, 5.41) is 0. The molecule has 0 N–H and O–H groups in total. The van der Waals surface area contributed by atoms with Gasteiger partial charge < -0.3 is 4.42 Å². The van der Waals surface area contributed by atoms with E-state index in [1.807, 2.05) is 0 Å². The molecule has 1 rings (SSSR count). The van der Waals surface area contributed by atoms with E-state index >= 15 is 0 Å². The number of hydrogen-bond acceptors (Lipinski definition) is 3. The summed E-state index contributed by atoms with van der Waals surface area (Å²) in [6.07, 6.45) is 4.47. The van der Waals surface area contributed by atoms with Crippen molar-refractivity contribution in [1.82, 2.24) is 4.98 Å². The number of hydrogen-bond donors (Lipinski definition) is 0. The summed E-state index contributed by atoms with van der Waals surface area (Å²) < 4.78 is 3.58. The minimum absolute atomic E-state index is 0.889. The smallest absolute Gasteiger partial charge is 0.313 e. The van der Waals surface area contributed by atoms with Gasteiger partial charge in [0.15, 0.2) is 6.39 Å². The minimum Gasteiger partial charge on any atom is -0.452 e. The topological polar surface area (TPSA) is 43.1 Å². The third-order valence-electron chi connectivity index (χ3n) is 0.347. The predicted molar refractivity (Wildman–Crippen MR) is 33.6 cm³/mol. The zero-order valence-electron chi connectivity index (χ0n) is 4.25. The molecular weight excluding hydrogens is 165 g/mol. The van der Waals surface area contributed by atoms with E-state index in [0.29, 0.717) is 0 Å². The number of rotatable bonds is 0. The molecule has 0 spiro atoms. The standard InChI is InChI=1S/C3H3NO.CCl2O/c1-2-5-3-4-1;2-1(3)4/h1-3H;. The summed E-state index contributed by atoms with van der Waals surface area (Å²) in [5.74, 6) is 0. The summed E-state index contributed by atoms with van der Waals surface area (Å²) in [5.41, 5.74) is 0. The van der Waals surface area contributed by atoms with Crippen LogP contribution < -0.4 is 0 Å². The van der Waals surface area contributed by atoms with Crippen molar-refractivity contribution in [3.8, 4) is 0 Å². The molecule has 0 bridgehead atoms. The second kappa shape index (κ2) is 5.59. The van der Waals surface area contributed by atoms with Crippen molar-refractivity contribution in [3.63, 3.8) is 0 Å². The quantitative estimate of drug-likeness (QED) is 0.558. The lowest BCUT2D eigenvalue weighted by molar-refractivity contribution is 0.275. The molecule has 1 heterocycles. The fourth-order valence-corrected chi connectivity index (χ4v) is 0.176. The Kier molecular flexibility index (Phi) is 5.26. The Bertz CT molecular complexity index is 130. The fraction of sp³-hybridized carbons (Fsp3) is 0. The zero-order valence-corrected chi connectivity index (χ0v) is 5.76. The molecular formula is C4H3Cl2NO2. The molecule has 0 aromatic carbocycles. The van der Waals surface area contributed by atoms with E-state index < -0.39 is 4.70 Å². The number of halogens is 2. The van der Waals surface area contributed by atoms with Crippen molar-refractivity contribution < 1.29 is 9.21 Å². The second-order valence-electron chi connectivity index (χ2n) is 0.901. The molecule has 0 aliphatic rings. The first-order chi connectivity index (χ1) is 4.23. The highest BCUT2D eigenvalue weighted by Crippen LogP contribution is 1.84. The summed E-state index contributed by atoms with van der Waals surface area (Å²) in [4.78, 5) is 12.5. The predicted octanol–water partition coefficient (Wildman–Crippen LogP) is 2.26. The zero-order chi connectivity index (χ0) is 7.11. The van der Waals surface area contributed by atoms with E-state index in [-0.39, 0.29) is 0 Å². The maximum atomic E-state index is 8.98. The normalized spacial score (nSPS) is 7.33. The molecule has 1 aromatic rings. The average molecular weight is 168 g/mol. The van der Waals surface area contributed by atoms with Crippen LogP contribution in [-0.4, -0.2) is 9.69 Å². The second-order valence-corrected chi connectivity index (χ2v) is 1.78. The lowest BCUT2D eigenvalue weighted by Crippen LogP contribution is -1.46. The monoisotopic (exact) mass is 167 g/mol. The van der Waals surface area contributed by atoms with Gasteiger partial charge in [0.1, 0.15) is 6.26 Å². The highest BCUT2D eigenvalue weighted by Gasteiger charge is 1.72. The van der Waals surface area contributed by atoms with Crippen LogP contribution in [0, 0.1) is 0 Å². The Balaban J connectivity index is 0.000000148. The van der Waals surface area contributed by atoms with Crippen molar-refractivity contribution in [3.05, 3.63) is 18.9 Å². The average Bonchev–Trinajstić information content (AvgIpc) is 2.11. The number of carbonyl (C=O) groups is 1.